The van der Waals surface area contributed by atoms with Gasteiger partial charge in [-0.05, 0) is 19.0 Å². The van der Waals surface area contributed by atoms with E-state index in [1.807, 2.05) is 6.92 Å². The molecule has 0 aromatic heterocycles. The number of hydrogen-bond acceptors (Lipinski definition) is 0. The summed E-state index contributed by atoms with van der Waals surface area (Å²) in [6, 6.07) is 2.59. The van der Waals surface area contributed by atoms with Crippen molar-refractivity contribution in [1.29, 1.82) is 0 Å². The van der Waals surface area contributed by atoms with Crippen LogP contribution in [0.1, 0.15) is 20.8 Å². The zero-order valence-electron chi connectivity index (χ0n) is 6.91. The molecule has 0 aliphatic carbocycles. The van der Waals surface area contributed by atoms with Crippen molar-refractivity contribution in [3.63, 3.8) is 0 Å². The van der Waals surface area contributed by atoms with Gasteiger partial charge in [-0.1, -0.05) is 20.4 Å². The first-order valence-electron chi connectivity index (χ1n) is 3.62. The summed E-state index contributed by atoms with van der Waals surface area (Å²) >= 11 is 0. The topological polar surface area (TPSA) is 0 Å². The molecule has 0 nitrogen and oxygen atoms in total. The molecule has 0 spiro atoms. The molecule has 0 radical (unpaired) electrons. The van der Waals surface area contributed by atoms with E-state index in [-0.39, 0.29) is 0 Å². The quantitative estimate of drug-likeness (QED) is 0.408. The van der Waals surface area contributed by atoms with E-state index in [1.165, 1.54) is 12.1 Å². The molecule has 0 N–H and O–H groups in total. The largest absolute Gasteiger partial charge is 0.134 e. The molecule has 0 saturated heterocycles. The van der Waals surface area contributed by atoms with Crippen molar-refractivity contribution in [2.75, 3.05) is 0 Å². The molecule has 52 valence electrons. The molecule has 0 aromatic rings. The van der Waals surface area contributed by atoms with Gasteiger partial charge in [-0.2, -0.15) is 0 Å². The lowest BCUT2D eigenvalue weighted by Crippen LogP contribution is -2.25. The molecule has 0 bridgehead atoms. The average Bonchev–Trinajstić information content (AvgIpc) is 1.89. The van der Waals surface area contributed by atoms with Gasteiger partial charge in [0.25, 0.3) is 0 Å². The fourth-order valence-electron chi connectivity index (χ4n) is 0.729. The third-order valence-corrected chi connectivity index (χ3v) is 5.96. The van der Waals surface area contributed by atoms with E-state index < -0.39 is 8.07 Å². The van der Waals surface area contributed by atoms with Crippen molar-refractivity contribution in [1.82, 2.24) is 0 Å². The Morgan fingerprint density at radius 2 is 1.67 bits per heavy atom. The fraction of sp³-hybridized carbons (Fsp3) is 0.750. The first-order chi connectivity index (χ1) is 4.18. The van der Waals surface area contributed by atoms with Crippen LogP contribution in [0.5, 0.6) is 0 Å². The maximum absolute atomic E-state index is 3.35. The van der Waals surface area contributed by atoms with Gasteiger partial charge < -0.3 is 0 Å². The normalized spacial score (nSPS) is 10.2. The van der Waals surface area contributed by atoms with Crippen LogP contribution in [0.4, 0.5) is 0 Å². The summed E-state index contributed by atoms with van der Waals surface area (Å²) in [5.74, 6) is 3.02. The second kappa shape index (κ2) is 3.74. The molecule has 0 saturated carbocycles. The van der Waals surface area contributed by atoms with Crippen LogP contribution in [0.15, 0.2) is 0 Å². The Labute approximate surface area is 59.7 Å². The Bertz CT molecular complexity index is 123. The summed E-state index contributed by atoms with van der Waals surface area (Å²) in [4.78, 5) is 0. The lowest BCUT2D eigenvalue weighted by atomic mass is 10.8. The predicted molar refractivity (Wildman–Crippen MR) is 46.0 cm³/mol. The van der Waals surface area contributed by atoms with Gasteiger partial charge >= 0.3 is 0 Å². The van der Waals surface area contributed by atoms with Gasteiger partial charge in [-0.3, -0.25) is 0 Å². The van der Waals surface area contributed by atoms with Crippen molar-refractivity contribution in [2.24, 2.45) is 0 Å². The van der Waals surface area contributed by atoms with Crippen molar-refractivity contribution in [2.45, 2.75) is 39.4 Å². The number of hydrogen-bond donors (Lipinski definition) is 0. The van der Waals surface area contributed by atoms with Crippen LogP contribution in [0, 0.1) is 11.5 Å². The van der Waals surface area contributed by atoms with E-state index in [0.29, 0.717) is 0 Å². The van der Waals surface area contributed by atoms with Crippen LogP contribution in [0.3, 0.4) is 0 Å². The molecule has 0 fully saturated rings. The summed E-state index contributed by atoms with van der Waals surface area (Å²) in [7, 11) is -1.06. The molecule has 0 aromatic carbocycles. The van der Waals surface area contributed by atoms with E-state index in [2.05, 4.69) is 31.9 Å². The summed E-state index contributed by atoms with van der Waals surface area (Å²) in [6.45, 7) is 8.79. The summed E-state index contributed by atoms with van der Waals surface area (Å²) in [5.41, 5.74) is 3.35. The third kappa shape index (κ3) is 2.72. The molecule has 0 aliphatic heterocycles. The maximum atomic E-state index is 3.35. The Morgan fingerprint density at radius 3 is 1.78 bits per heavy atom. The Kier molecular flexibility index (Phi) is 3.64. The van der Waals surface area contributed by atoms with Gasteiger partial charge in [-0.15, -0.1) is 11.5 Å². The second-order valence-corrected chi connectivity index (χ2v) is 7.43. The Balaban J connectivity index is 4.03. The van der Waals surface area contributed by atoms with E-state index in [1.54, 1.807) is 0 Å². The molecule has 0 heterocycles. The first-order valence-corrected chi connectivity index (χ1v) is 6.54. The van der Waals surface area contributed by atoms with E-state index in [4.69, 9.17) is 0 Å². The molecule has 0 aliphatic rings. The third-order valence-electron chi connectivity index (χ3n) is 1.99. The lowest BCUT2D eigenvalue weighted by molar-refractivity contribution is 1.28. The van der Waals surface area contributed by atoms with Crippen molar-refractivity contribution >= 4 is 8.07 Å². The molecule has 9 heavy (non-hydrogen) atoms. The van der Waals surface area contributed by atoms with Gasteiger partial charge in [0.1, 0.15) is 8.07 Å². The van der Waals surface area contributed by atoms with Crippen LogP contribution in [0.25, 0.3) is 0 Å². The smallest absolute Gasteiger partial charge is 0.132 e. The van der Waals surface area contributed by atoms with E-state index in [9.17, 15) is 0 Å². The van der Waals surface area contributed by atoms with Gasteiger partial charge in [-0.25, -0.2) is 0 Å². The highest BCUT2D eigenvalue weighted by Gasteiger charge is 2.18. The van der Waals surface area contributed by atoms with E-state index in [0.717, 1.165) is 0 Å². The van der Waals surface area contributed by atoms with E-state index >= 15 is 0 Å². The van der Waals surface area contributed by atoms with Crippen LogP contribution in [-0.2, 0) is 0 Å². The molecular formula is C8H16Si. The summed E-state index contributed by atoms with van der Waals surface area (Å²) < 4.78 is 0. The summed E-state index contributed by atoms with van der Waals surface area (Å²) in [6.07, 6.45) is 0. The first kappa shape index (κ1) is 8.78. The average molecular weight is 140 g/mol. The monoisotopic (exact) mass is 140 g/mol. The minimum atomic E-state index is -1.06. The minimum Gasteiger partial charge on any atom is -0.132 e. The van der Waals surface area contributed by atoms with Crippen LogP contribution >= 0.6 is 0 Å². The Morgan fingerprint density at radius 1 is 1.22 bits per heavy atom. The molecule has 0 amide bonds. The zero-order chi connectivity index (χ0) is 7.33. The molecule has 0 unspecified atom stereocenters. The minimum absolute atomic E-state index is 1.06. The fourth-order valence-corrected chi connectivity index (χ4v) is 2.19. The van der Waals surface area contributed by atoms with Gasteiger partial charge in [0.2, 0.25) is 0 Å². The van der Waals surface area contributed by atoms with Crippen LogP contribution in [-0.4, -0.2) is 8.07 Å². The standard InChI is InChI=1S/C8H16Si/c1-5-8-9(4,6-2)7-3/h6-7H2,1-4H3. The lowest BCUT2D eigenvalue weighted by Gasteiger charge is -2.14. The molecule has 1 heteroatoms. The molecular weight excluding hydrogens is 124 g/mol. The van der Waals surface area contributed by atoms with Crippen LogP contribution < -0.4 is 0 Å². The molecule has 0 atom stereocenters. The summed E-state index contributed by atoms with van der Waals surface area (Å²) in [5, 5.41) is 0. The highest BCUT2D eigenvalue weighted by Crippen LogP contribution is 2.12. The highest BCUT2D eigenvalue weighted by atomic mass is 28.3. The highest BCUT2D eigenvalue weighted by molar-refractivity contribution is 6.86. The molecule has 0 rings (SSSR count). The second-order valence-electron chi connectivity index (χ2n) is 2.64. The van der Waals surface area contributed by atoms with Crippen molar-refractivity contribution in [3.8, 4) is 11.5 Å². The van der Waals surface area contributed by atoms with Gasteiger partial charge in [0.05, 0.1) is 0 Å². The maximum Gasteiger partial charge on any atom is 0.134 e. The van der Waals surface area contributed by atoms with Crippen LogP contribution in [0.2, 0.25) is 18.6 Å². The number of rotatable bonds is 2. The zero-order valence-corrected chi connectivity index (χ0v) is 7.91. The van der Waals surface area contributed by atoms with Gasteiger partial charge in [0.15, 0.2) is 0 Å². The van der Waals surface area contributed by atoms with Crippen molar-refractivity contribution in [3.05, 3.63) is 0 Å². The SMILES string of the molecule is CC#C[Si](C)(CC)CC. The predicted octanol–water partition coefficient (Wildman–Crippen LogP) is 2.67. The van der Waals surface area contributed by atoms with Gasteiger partial charge in [0, 0.05) is 0 Å². The van der Waals surface area contributed by atoms with Crippen molar-refractivity contribution < 1.29 is 0 Å². The Hall–Kier alpha value is -0.223.